The van der Waals surface area contributed by atoms with Gasteiger partial charge in [0.05, 0.1) is 6.04 Å². The molecule has 1 aromatic rings. The van der Waals surface area contributed by atoms with Gasteiger partial charge in [-0.1, -0.05) is 37.3 Å². The molecule has 25 heavy (non-hydrogen) atoms. The number of amides is 2. The fourth-order valence-electron chi connectivity index (χ4n) is 3.26. The molecule has 2 amide bonds. The number of rotatable bonds is 8. The Balaban J connectivity index is 2.25. The summed E-state index contributed by atoms with van der Waals surface area (Å²) in [4.78, 5) is 27.2. The molecule has 1 fully saturated rings. The summed E-state index contributed by atoms with van der Waals surface area (Å²) in [6.07, 6.45) is 2.42. The summed E-state index contributed by atoms with van der Waals surface area (Å²) in [5.41, 5.74) is 0.816. The number of hydrogen-bond donors (Lipinski definition) is 1. The van der Waals surface area contributed by atoms with Gasteiger partial charge < -0.3 is 19.7 Å². The molecule has 6 nitrogen and oxygen atoms in total. The maximum Gasteiger partial charge on any atom is 0.247 e. The zero-order chi connectivity index (χ0) is 18.2. The van der Waals surface area contributed by atoms with E-state index in [1.54, 1.807) is 19.1 Å². The van der Waals surface area contributed by atoms with Gasteiger partial charge in [0.1, 0.15) is 6.04 Å². The monoisotopic (exact) mass is 348 g/mol. The standard InChI is InChI=1S/C19H28N2O4/c1-4-15(19(24-2)25-3)20-18(23)17(14-10-6-5-7-11-14)21-13-9-8-12-16(21)22/h5-7,10-11,15,17,19H,4,8-9,12-13H2,1-3H3,(H,20,23)/t15-,17+/m1/s1. The Morgan fingerprint density at radius 2 is 1.88 bits per heavy atom. The molecule has 0 spiro atoms. The molecule has 0 bridgehead atoms. The molecule has 0 aromatic heterocycles. The first-order chi connectivity index (χ1) is 12.1. The number of nitrogens with zero attached hydrogens (tertiary/aromatic N) is 1. The Hall–Kier alpha value is -1.92. The summed E-state index contributed by atoms with van der Waals surface area (Å²) in [5.74, 6) is -0.175. The predicted molar refractivity (Wildman–Crippen MR) is 94.8 cm³/mol. The van der Waals surface area contributed by atoms with Gasteiger partial charge in [-0.15, -0.1) is 0 Å². The number of benzene rings is 1. The van der Waals surface area contributed by atoms with Gasteiger partial charge in [-0.3, -0.25) is 9.59 Å². The Kier molecular flexibility index (Phi) is 7.40. The quantitative estimate of drug-likeness (QED) is 0.732. The van der Waals surface area contributed by atoms with Crippen LogP contribution in [0.5, 0.6) is 0 Å². The molecular formula is C19H28N2O4. The molecule has 1 aliphatic heterocycles. The summed E-state index contributed by atoms with van der Waals surface area (Å²) in [6.45, 7) is 2.56. The topological polar surface area (TPSA) is 67.9 Å². The number of hydrogen-bond acceptors (Lipinski definition) is 4. The molecule has 0 saturated carbocycles. The fraction of sp³-hybridized carbons (Fsp3) is 0.579. The van der Waals surface area contributed by atoms with E-state index in [2.05, 4.69) is 5.32 Å². The fourth-order valence-corrected chi connectivity index (χ4v) is 3.26. The van der Waals surface area contributed by atoms with E-state index in [0.29, 0.717) is 19.4 Å². The van der Waals surface area contributed by atoms with E-state index in [0.717, 1.165) is 18.4 Å². The molecule has 1 aromatic carbocycles. The van der Waals surface area contributed by atoms with Crippen LogP contribution in [-0.2, 0) is 19.1 Å². The highest BCUT2D eigenvalue weighted by Gasteiger charge is 2.34. The highest BCUT2D eigenvalue weighted by molar-refractivity contribution is 5.89. The molecule has 0 radical (unpaired) electrons. The van der Waals surface area contributed by atoms with Crippen molar-refractivity contribution >= 4 is 11.8 Å². The predicted octanol–water partition coefficient (Wildman–Crippen LogP) is 2.25. The lowest BCUT2D eigenvalue weighted by molar-refractivity contribution is -0.148. The third kappa shape index (κ3) is 4.80. The van der Waals surface area contributed by atoms with Crippen molar-refractivity contribution in [2.24, 2.45) is 0 Å². The summed E-state index contributed by atoms with van der Waals surface area (Å²) in [7, 11) is 3.09. The zero-order valence-corrected chi connectivity index (χ0v) is 15.2. The molecule has 1 aliphatic rings. The summed E-state index contributed by atoms with van der Waals surface area (Å²) in [6, 6.07) is 8.53. The molecule has 1 saturated heterocycles. The number of carbonyl (C=O) groups excluding carboxylic acids is 2. The number of likely N-dealkylation sites (tertiary alicyclic amines) is 1. The van der Waals surface area contributed by atoms with Crippen LogP contribution in [0.25, 0.3) is 0 Å². The molecule has 138 valence electrons. The smallest absolute Gasteiger partial charge is 0.247 e. The first kappa shape index (κ1) is 19.4. The molecule has 0 aliphatic carbocycles. The van der Waals surface area contributed by atoms with Gasteiger partial charge in [0, 0.05) is 27.2 Å². The van der Waals surface area contributed by atoms with E-state index in [-0.39, 0.29) is 17.9 Å². The van der Waals surface area contributed by atoms with Gasteiger partial charge in [-0.25, -0.2) is 0 Å². The van der Waals surface area contributed by atoms with Crippen LogP contribution in [0.2, 0.25) is 0 Å². The van der Waals surface area contributed by atoms with Crippen LogP contribution in [0, 0.1) is 0 Å². The molecule has 0 unspecified atom stereocenters. The van der Waals surface area contributed by atoms with Gasteiger partial charge in [-0.05, 0) is 24.8 Å². The lowest BCUT2D eigenvalue weighted by atomic mass is 10.00. The lowest BCUT2D eigenvalue weighted by Gasteiger charge is -2.35. The van der Waals surface area contributed by atoms with Crippen LogP contribution in [0.4, 0.5) is 0 Å². The highest BCUT2D eigenvalue weighted by Crippen LogP contribution is 2.26. The number of ether oxygens (including phenoxy) is 2. The second kappa shape index (κ2) is 9.53. The Morgan fingerprint density at radius 3 is 2.44 bits per heavy atom. The number of piperidine rings is 1. The Morgan fingerprint density at radius 1 is 1.20 bits per heavy atom. The molecule has 1 heterocycles. The van der Waals surface area contributed by atoms with Gasteiger partial charge >= 0.3 is 0 Å². The van der Waals surface area contributed by atoms with Gasteiger partial charge in [0.25, 0.3) is 0 Å². The van der Waals surface area contributed by atoms with Crippen LogP contribution in [0.15, 0.2) is 30.3 Å². The van der Waals surface area contributed by atoms with Crippen LogP contribution < -0.4 is 5.32 Å². The largest absolute Gasteiger partial charge is 0.354 e. The third-order valence-electron chi connectivity index (χ3n) is 4.60. The second-order valence-corrected chi connectivity index (χ2v) is 6.22. The van der Waals surface area contributed by atoms with Gasteiger partial charge in [0.15, 0.2) is 6.29 Å². The van der Waals surface area contributed by atoms with Crippen molar-refractivity contribution in [3.05, 3.63) is 35.9 Å². The average Bonchev–Trinajstić information content (AvgIpc) is 2.64. The first-order valence-electron chi connectivity index (χ1n) is 8.82. The minimum atomic E-state index is -0.627. The Bertz CT molecular complexity index is 560. The van der Waals surface area contributed by atoms with E-state index in [1.165, 1.54) is 0 Å². The Labute approximate surface area is 149 Å². The van der Waals surface area contributed by atoms with Crippen molar-refractivity contribution in [2.75, 3.05) is 20.8 Å². The maximum absolute atomic E-state index is 13.1. The molecular weight excluding hydrogens is 320 g/mol. The first-order valence-corrected chi connectivity index (χ1v) is 8.82. The van der Waals surface area contributed by atoms with E-state index in [1.807, 2.05) is 37.3 Å². The van der Waals surface area contributed by atoms with Crippen LogP contribution in [0.1, 0.15) is 44.2 Å². The van der Waals surface area contributed by atoms with Crippen molar-refractivity contribution in [2.45, 2.75) is 51.0 Å². The minimum absolute atomic E-state index is 0.0262. The zero-order valence-electron chi connectivity index (χ0n) is 15.2. The third-order valence-corrected chi connectivity index (χ3v) is 4.60. The van der Waals surface area contributed by atoms with Crippen molar-refractivity contribution in [3.63, 3.8) is 0 Å². The molecule has 2 rings (SSSR count). The van der Waals surface area contributed by atoms with E-state index in [9.17, 15) is 9.59 Å². The van der Waals surface area contributed by atoms with E-state index in [4.69, 9.17) is 9.47 Å². The number of carbonyl (C=O) groups is 2. The lowest BCUT2D eigenvalue weighted by Crippen LogP contribution is -2.51. The van der Waals surface area contributed by atoms with Gasteiger partial charge in [0.2, 0.25) is 11.8 Å². The summed E-state index contributed by atoms with van der Waals surface area (Å²) in [5, 5.41) is 3.00. The second-order valence-electron chi connectivity index (χ2n) is 6.22. The average molecular weight is 348 g/mol. The summed E-state index contributed by atoms with van der Waals surface area (Å²) < 4.78 is 10.6. The minimum Gasteiger partial charge on any atom is -0.354 e. The van der Waals surface area contributed by atoms with Crippen molar-refractivity contribution in [1.82, 2.24) is 10.2 Å². The number of nitrogens with one attached hydrogen (secondary N) is 1. The van der Waals surface area contributed by atoms with Crippen molar-refractivity contribution in [3.8, 4) is 0 Å². The maximum atomic E-state index is 13.1. The van der Waals surface area contributed by atoms with E-state index >= 15 is 0 Å². The van der Waals surface area contributed by atoms with Crippen molar-refractivity contribution < 1.29 is 19.1 Å². The molecule has 2 atom stereocenters. The number of methoxy groups -OCH3 is 2. The molecule has 6 heteroatoms. The SMILES string of the molecule is CC[C@@H](NC(=O)[C@H](c1ccccc1)N1CCCCC1=O)C(OC)OC. The van der Waals surface area contributed by atoms with Crippen LogP contribution in [-0.4, -0.2) is 49.8 Å². The normalized spacial score (nSPS) is 17.4. The van der Waals surface area contributed by atoms with Crippen LogP contribution in [0.3, 0.4) is 0 Å². The van der Waals surface area contributed by atoms with Crippen molar-refractivity contribution in [1.29, 1.82) is 0 Å². The molecule has 1 N–H and O–H groups in total. The highest BCUT2D eigenvalue weighted by atomic mass is 16.7. The van der Waals surface area contributed by atoms with Gasteiger partial charge in [-0.2, -0.15) is 0 Å². The summed E-state index contributed by atoms with van der Waals surface area (Å²) >= 11 is 0. The van der Waals surface area contributed by atoms with E-state index < -0.39 is 12.3 Å². The van der Waals surface area contributed by atoms with Crippen LogP contribution >= 0.6 is 0 Å².